The van der Waals surface area contributed by atoms with Crippen molar-refractivity contribution in [3.63, 3.8) is 0 Å². The van der Waals surface area contributed by atoms with Gasteiger partial charge in [-0.05, 0) is 85.4 Å². The van der Waals surface area contributed by atoms with Crippen molar-refractivity contribution < 1.29 is 19.1 Å². The minimum atomic E-state index is -0.939. The summed E-state index contributed by atoms with van der Waals surface area (Å²) in [7, 11) is 0. The minimum absolute atomic E-state index is 0.256. The molecule has 0 heterocycles. The number of ether oxygens (including phenoxy) is 1. The predicted octanol–water partition coefficient (Wildman–Crippen LogP) is 6.02. The summed E-state index contributed by atoms with van der Waals surface area (Å²) in [6.45, 7) is 18.9. The number of aryl methyl sites for hydroxylation is 2. The van der Waals surface area contributed by atoms with E-state index in [2.05, 4.69) is 10.6 Å². The Balaban J connectivity index is 2.66. The van der Waals surface area contributed by atoms with Crippen LogP contribution in [0.3, 0.4) is 0 Å². The van der Waals surface area contributed by atoms with Crippen LogP contribution < -0.4 is 10.6 Å². The number of carbonyl (C=O) groups excluding carboxylic acids is 3. The third kappa shape index (κ3) is 9.72. The molecule has 3 atom stereocenters. The maximum absolute atomic E-state index is 14.5. The number of hydrogen-bond donors (Lipinski definition) is 2. The summed E-state index contributed by atoms with van der Waals surface area (Å²) in [5, 5.41) is 5.91. The van der Waals surface area contributed by atoms with Crippen molar-refractivity contribution in [2.75, 3.05) is 0 Å². The summed E-state index contributed by atoms with van der Waals surface area (Å²) in [5.74, 6) is -0.602. The molecule has 2 rings (SSSR count). The molecule has 7 heteroatoms. The van der Waals surface area contributed by atoms with Gasteiger partial charge in [0.1, 0.15) is 17.7 Å². The number of hydrogen-bond acceptors (Lipinski definition) is 4. The van der Waals surface area contributed by atoms with Gasteiger partial charge < -0.3 is 20.3 Å². The average molecular weight is 538 g/mol. The second-order valence-corrected chi connectivity index (χ2v) is 12.4. The van der Waals surface area contributed by atoms with E-state index in [1.165, 1.54) is 0 Å². The number of nitrogens with zero attached hydrogens (tertiary/aromatic N) is 1. The van der Waals surface area contributed by atoms with Crippen molar-refractivity contribution in [1.29, 1.82) is 0 Å². The number of rotatable bonds is 9. The SMILES string of the molecule is CCC(C)N(C(=O)C(Cc1ccccc1)NC(=O)OC(C)(C)C)C(C(=O)NC(C)(C)C)c1cc(C)ccc1C. The molecule has 0 aliphatic heterocycles. The molecule has 3 amide bonds. The number of carbonyl (C=O) groups is 3. The summed E-state index contributed by atoms with van der Waals surface area (Å²) in [6.07, 6.45) is 0.204. The Bertz CT molecular complexity index is 1130. The summed E-state index contributed by atoms with van der Waals surface area (Å²) >= 11 is 0. The lowest BCUT2D eigenvalue weighted by Gasteiger charge is -2.40. The highest BCUT2D eigenvalue weighted by atomic mass is 16.6. The van der Waals surface area contributed by atoms with Gasteiger partial charge in [-0.2, -0.15) is 0 Å². The van der Waals surface area contributed by atoms with E-state index in [0.29, 0.717) is 6.42 Å². The lowest BCUT2D eigenvalue weighted by molar-refractivity contribution is -0.145. The summed E-state index contributed by atoms with van der Waals surface area (Å²) < 4.78 is 5.52. The molecule has 3 unspecified atom stereocenters. The monoisotopic (exact) mass is 537 g/mol. The van der Waals surface area contributed by atoms with Gasteiger partial charge >= 0.3 is 6.09 Å². The molecule has 39 heavy (non-hydrogen) atoms. The number of alkyl carbamates (subject to hydrolysis) is 1. The topological polar surface area (TPSA) is 87.7 Å². The zero-order chi connectivity index (χ0) is 29.5. The van der Waals surface area contributed by atoms with E-state index in [4.69, 9.17) is 4.74 Å². The van der Waals surface area contributed by atoms with E-state index in [1.54, 1.807) is 25.7 Å². The van der Waals surface area contributed by atoms with Gasteiger partial charge in [-0.1, -0.05) is 61.0 Å². The van der Waals surface area contributed by atoms with Gasteiger partial charge in [0.05, 0.1) is 0 Å². The lowest BCUT2D eigenvalue weighted by Crippen LogP contribution is -2.57. The number of nitrogens with one attached hydrogen (secondary N) is 2. The Morgan fingerprint density at radius 3 is 2.10 bits per heavy atom. The molecule has 0 saturated heterocycles. The van der Waals surface area contributed by atoms with E-state index in [9.17, 15) is 14.4 Å². The Morgan fingerprint density at radius 1 is 0.949 bits per heavy atom. The molecule has 2 N–H and O–H groups in total. The van der Waals surface area contributed by atoms with Gasteiger partial charge in [0, 0.05) is 18.0 Å². The molecule has 0 fully saturated rings. The van der Waals surface area contributed by atoms with Crippen molar-refractivity contribution in [1.82, 2.24) is 15.5 Å². The smallest absolute Gasteiger partial charge is 0.408 e. The molecule has 214 valence electrons. The molecule has 2 aromatic carbocycles. The first-order valence-corrected chi connectivity index (χ1v) is 13.8. The van der Waals surface area contributed by atoms with Crippen molar-refractivity contribution in [2.24, 2.45) is 0 Å². The molecule has 0 aliphatic rings. The second-order valence-electron chi connectivity index (χ2n) is 12.4. The first kappa shape index (κ1) is 31.9. The normalized spacial score (nSPS) is 14.1. The summed E-state index contributed by atoms with van der Waals surface area (Å²) in [5.41, 5.74) is 2.33. The molecule has 7 nitrogen and oxygen atoms in total. The quantitative estimate of drug-likeness (QED) is 0.409. The van der Waals surface area contributed by atoms with Crippen LogP contribution in [-0.4, -0.2) is 46.0 Å². The number of amides is 3. The molecule has 0 aromatic heterocycles. The average Bonchev–Trinajstić information content (AvgIpc) is 2.81. The molecule has 2 aromatic rings. The first-order valence-electron chi connectivity index (χ1n) is 13.8. The van der Waals surface area contributed by atoms with Gasteiger partial charge in [-0.15, -0.1) is 0 Å². The van der Waals surface area contributed by atoms with Crippen molar-refractivity contribution in [2.45, 2.75) is 111 Å². The maximum atomic E-state index is 14.5. The van der Waals surface area contributed by atoms with Crippen molar-refractivity contribution in [3.05, 3.63) is 70.8 Å². The molecule has 0 bridgehead atoms. The zero-order valence-electron chi connectivity index (χ0n) is 25.3. The molecule has 0 spiro atoms. The van der Waals surface area contributed by atoms with Gasteiger partial charge in [0.2, 0.25) is 11.8 Å². The van der Waals surface area contributed by atoms with Crippen LogP contribution in [0.5, 0.6) is 0 Å². The second kappa shape index (κ2) is 13.1. The van der Waals surface area contributed by atoms with Crippen LogP contribution in [0.1, 0.15) is 90.1 Å². The van der Waals surface area contributed by atoms with Gasteiger partial charge in [-0.3, -0.25) is 9.59 Å². The van der Waals surface area contributed by atoms with E-state index >= 15 is 0 Å². The lowest BCUT2D eigenvalue weighted by atomic mass is 9.93. The Hall–Kier alpha value is -3.35. The molecular formula is C32H47N3O4. The highest BCUT2D eigenvalue weighted by molar-refractivity contribution is 5.93. The van der Waals surface area contributed by atoms with Crippen LogP contribution >= 0.6 is 0 Å². The fraction of sp³-hybridized carbons (Fsp3) is 0.531. The number of benzene rings is 2. The summed E-state index contributed by atoms with van der Waals surface area (Å²) in [6, 6.07) is 13.4. The van der Waals surface area contributed by atoms with E-state index in [1.807, 2.05) is 97.0 Å². The van der Waals surface area contributed by atoms with Crippen LogP contribution in [0.4, 0.5) is 4.79 Å². The van der Waals surface area contributed by atoms with E-state index in [-0.39, 0.29) is 24.3 Å². The van der Waals surface area contributed by atoms with Gasteiger partial charge in [-0.25, -0.2) is 4.79 Å². The van der Waals surface area contributed by atoms with Crippen molar-refractivity contribution in [3.8, 4) is 0 Å². The standard InChI is InChI=1S/C32H47N3O4/c1-11-23(4)35(27(28(36)34-31(5,6)7)25-19-21(2)17-18-22(25)3)29(37)26(20-24-15-13-12-14-16-24)33-30(38)39-32(8,9)10/h12-19,23,26-27H,11,20H2,1-10H3,(H,33,38)(H,34,36). The van der Waals surface area contributed by atoms with E-state index in [0.717, 1.165) is 22.3 Å². The van der Waals surface area contributed by atoms with Crippen LogP contribution in [0, 0.1) is 13.8 Å². The molecular weight excluding hydrogens is 490 g/mol. The molecule has 0 aliphatic carbocycles. The third-order valence-electron chi connectivity index (χ3n) is 6.35. The fourth-order valence-electron chi connectivity index (χ4n) is 4.39. The highest BCUT2D eigenvalue weighted by Crippen LogP contribution is 2.30. The first-order chi connectivity index (χ1) is 18.0. The van der Waals surface area contributed by atoms with E-state index < -0.39 is 29.3 Å². The molecule has 0 radical (unpaired) electrons. The Kier molecular flexibility index (Phi) is 10.7. The van der Waals surface area contributed by atoms with Gasteiger partial charge in [0.25, 0.3) is 0 Å². The third-order valence-corrected chi connectivity index (χ3v) is 6.35. The maximum Gasteiger partial charge on any atom is 0.408 e. The highest BCUT2D eigenvalue weighted by Gasteiger charge is 2.40. The zero-order valence-corrected chi connectivity index (χ0v) is 25.3. The van der Waals surface area contributed by atoms with Crippen LogP contribution in [-0.2, 0) is 20.7 Å². The predicted molar refractivity (Wildman–Crippen MR) is 156 cm³/mol. The van der Waals surface area contributed by atoms with Gasteiger partial charge in [0.15, 0.2) is 0 Å². The molecule has 0 saturated carbocycles. The van der Waals surface area contributed by atoms with Crippen LogP contribution in [0.15, 0.2) is 48.5 Å². The van der Waals surface area contributed by atoms with Crippen LogP contribution in [0.25, 0.3) is 0 Å². The van der Waals surface area contributed by atoms with Crippen molar-refractivity contribution >= 4 is 17.9 Å². The Labute approximate surface area is 234 Å². The van der Waals surface area contributed by atoms with Crippen LogP contribution in [0.2, 0.25) is 0 Å². The largest absolute Gasteiger partial charge is 0.444 e. The minimum Gasteiger partial charge on any atom is -0.444 e. The summed E-state index contributed by atoms with van der Waals surface area (Å²) in [4.78, 5) is 43.0. The fourth-order valence-corrected chi connectivity index (χ4v) is 4.39. The Morgan fingerprint density at radius 2 is 1.56 bits per heavy atom.